The van der Waals surface area contributed by atoms with Crippen molar-refractivity contribution in [2.75, 3.05) is 0 Å². The summed E-state index contributed by atoms with van der Waals surface area (Å²) in [6.07, 6.45) is 15.0. The van der Waals surface area contributed by atoms with Crippen molar-refractivity contribution >= 4 is 11.6 Å². The summed E-state index contributed by atoms with van der Waals surface area (Å²) in [5.74, 6) is 1.06. The predicted octanol–water partition coefficient (Wildman–Crippen LogP) is 6.66. The van der Waals surface area contributed by atoms with E-state index in [1.54, 1.807) is 0 Å². The first kappa shape index (κ1) is 19.4. The van der Waals surface area contributed by atoms with Gasteiger partial charge in [-0.05, 0) is 25.3 Å². The van der Waals surface area contributed by atoms with Gasteiger partial charge in [-0.1, -0.05) is 81.7 Å². The molecular weight excluding hydrogens is 342 g/mol. The smallest absolute Gasteiger partial charge is 0.124 e. The number of unbranched alkanes of at least 4 members (excludes halogenated alkanes) is 3. The van der Waals surface area contributed by atoms with E-state index in [-0.39, 0.29) is 0 Å². The molecule has 1 unspecified atom stereocenters. The van der Waals surface area contributed by atoms with Gasteiger partial charge in [0.15, 0.2) is 0 Å². The highest BCUT2D eigenvalue weighted by atomic mass is 35.5. The van der Waals surface area contributed by atoms with Crippen LogP contribution in [-0.2, 0) is 0 Å². The largest absolute Gasteiger partial charge is 0.347 e. The first-order valence-electron chi connectivity index (χ1n) is 10.3. The van der Waals surface area contributed by atoms with Gasteiger partial charge in [-0.2, -0.15) is 0 Å². The third-order valence-electron chi connectivity index (χ3n) is 5.47. The summed E-state index contributed by atoms with van der Waals surface area (Å²) in [6, 6.07) is 8.87. The van der Waals surface area contributed by atoms with Crippen LogP contribution < -0.4 is 5.32 Å². The van der Waals surface area contributed by atoms with E-state index in [9.17, 15) is 0 Å². The van der Waals surface area contributed by atoms with Crippen LogP contribution in [0.1, 0.15) is 83.0 Å². The Morgan fingerprint density at radius 1 is 1.15 bits per heavy atom. The van der Waals surface area contributed by atoms with Crippen LogP contribution in [0.25, 0.3) is 11.3 Å². The molecule has 26 heavy (non-hydrogen) atoms. The molecule has 2 aromatic rings. The van der Waals surface area contributed by atoms with E-state index in [0.717, 1.165) is 28.5 Å². The van der Waals surface area contributed by atoms with Crippen molar-refractivity contribution in [3.8, 4) is 11.3 Å². The summed E-state index contributed by atoms with van der Waals surface area (Å²) < 4.78 is 0. The van der Waals surface area contributed by atoms with E-state index in [1.165, 1.54) is 57.8 Å². The van der Waals surface area contributed by atoms with Gasteiger partial charge in [-0.15, -0.1) is 0 Å². The monoisotopic (exact) mass is 373 g/mol. The summed E-state index contributed by atoms with van der Waals surface area (Å²) in [5.41, 5.74) is 1.94. The highest BCUT2D eigenvalue weighted by Crippen LogP contribution is 2.29. The van der Waals surface area contributed by atoms with Gasteiger partial charge in [0, 0.05) is 17.8 Å². The Kier molecular flexibility index (Phi) is 7.57. The lowest BCUT2D eigenvalue weighted by Crippen LogP contribution is -2.35. The van der Waals surface area contributed by atoms with Gasteiger partial charge in [-0.3, -0.25) is 0 Å². The van der Waals surface area contributed by atoms with Gasteiger partial charge in [0.25, 0.3) is 0 Å². The molecule has 0 aliphatic heterocycles. The quantitative estimate of drug-likeness (QED) is 0.482. The number of aromatic nitrogens is 2. The topological polar surface area (TPSA) is 40.7 Å². The second kappa shape index (κ2) is 10.1. The maximum Gasteiger partial charge on any atom is 0.124 e. The van der Waals surface area contributed by atoms with E-state index in [4.69, 9.17) is 16.6 Å². The minimum absolute atomic E-state index is 0.311. The number of nitrogens with one attached hydrogen (secondary N) is 2. The van der Waals surface area contributed by atoms with Gasteiger partial charge in [0.05, 0.1) is 16.8 Å². The molecule has 3 nitrogen and oxygen atoms in total. The number of benzene rings is 1. The molecule has 1 atom stereocenters. The van der Waals surface area contributed by atoms with Gasteiger partial charge >= 0.3 is 0 Å². The first-order valence-corrected chi connectivity index (χ1v) is 10.7. The molecule has 0 saturated heterocycles. The van der Waals surface area contributed by atoms with Gasteiger partial charge in [-0.25, -0.2) is 4.98 Å². The third-order valence-corrected chi connectivity index (χ3v) is 5.80. The molecule has 142 valence electrons. The summed E-state index contributed by atoms with van der Waals surface area (Å²) in [6.45, 7) is 2.26. The number of halogens is 1. The number of rotatable bonds is 9. The minimum Gasteiger partial charge on any atom is -0.347 e. The maximum absolute atomic E-state index is 6.35. The number of hydrogen-bond acceptors (Lipinski definition) is 2. The second-order valence-corrected chi connectivity index (χ2v) is 7.96. The minimum atomic E-state index is 0.311. The van der Waals surface area contributed by atoms with E-state index >= 15 is 0 Å². The molecule has 1 aliphatic carbocycles. The number of H-pyrrole nitrogens is 1. The number of hydrogen-bond donors (Lipinski definition) is 2. The lowest BCUT2D eigenvalue weighted by molar-refractivity contribution is 0.320. The average molecular weight is 374 g/mol. The van der Waals surface area contributed by atoms with Crippen LogP contribution in [0.15, 0.2) is 30.5 Å². The van der Waals surface area contributed by atoms with Crippen LogP contribution in [0.5, 0.6) is 0 Å². The van der Waals surface area contributed by atoms with Crippen LogP contribution in [0, 0.1) is 0 Å². The molecule has 1 heterocycles. The lowest BCUT2D eigenvalue weighted by atomic mass is 9.94. The van der Waals surface area contributed by atoms with Crippen LogP contribution >= 0.6 is 11.6 Å². The summed E-state index contributed by atoms with van der Waals surface area (Å²) in [7, 11) is 0. The van der Waals surface area contributed by atoms with E-state index in [2.05, 4.69) is 17.2 Å². The Balaban J connectivity index is 1.71. The summed E-state index contributed by atoms with van der Waals surface area (Å²) in [4.78, 5) is 8.33. The zero-order chi connectivity index (χ0) is 18.2. The predicted molar refractivity (Wildman–Crippen MR) is 111 cm³/mol. The highest BCUT2D eigenvalue weighted by molar-refractivity contribution is 6.33. The first-order chi connectivity index (χ1) is 12.8. The SMILES string of the molecule is CCCCCCC(NC1CCCCC1)c1nc(-c2ccccc2Cl)c[nH]1. The van der Waals surface area contributed by atoms with E-state index in [0.29, 0.717) is 12.1 Å². The molecule has 2 N–H and O–H groups in total. The molecule has 1 fully saturated rings. The number of aromatic amines is 1. The molecule has 1 saturated carbocycles. The fourth-order valence-electron chi connectivity index (χ4n) is 3.95. The summed E-state index contributed by atoms with van der Waals surface area (Å²) in [5, 5.41) is 4.66. The maximum atomic E-state index is 6.35. The van der Waals surface area contributed by atoms with Gasteiger partial charge in [0.1, 0.15) is 5.82 Å². The number of nitrogens with zero attached hydrogens (tertiary/aromatic N) is 1. The van der Waals surface area contributed by atoms with Crippen molar-refractivity contribution in [3.05, 3.63) is 41.3 Å². The molecule has 1 aromatic heterocycles. The molecule has 0 bridgehead atoms. The third kappa shape index (κ3) is 5.34. The molecule has 0 spiro atoms. The standard InChI is InChI=1S/C22H32ClN3/c1-2-3-4-8-15-20(25-17-11-6-5-7-12-17)22-24-16-21(26-22)18-13-9-10-14-19(18)23/h9-10,13-14,16-17,20,25H,2-8,11-12,15H2,1H3,(H,24,26). The molecule has 0 radical (unpaired) electrons. The average Bonchev–Trinajstić information content (AvgIpc) is 3.15. The van der Waals surface area contributed by atoms with Gasteiger partial charge < -0.3 is 10.3 Å². The van der Waals surface area contributed by atoms with Crippen molar-refractivity contribution in [2.45, 2.75) is 83.2 Å². The Morgan fingerprint density at radius 2 is 1.96 bits per heavy atom. The fraction of sp³-hybridized carbons (Fsp3) is 0.591. The van der Waals surface area contributed by atoms with E-state index in [1.807, 2.05) is 30.5 Å². The molecule has 3 rings (SSSR count). The fourth-order valence-corrected chi connectivity index (χ4v) is 4.18. The van der Waals surface area contributed by atoms with Crippen LogP contribution in [-0.4, -0.2) is 16.0 Å². The van der Waals surface area contributed by atoms with Crippen molar-refractivity contribution < 1.29 is 0 Å². The second-order valence-electron chi connectivity index (χ2n) is 7.55. The summed E-state index contributed by atoms with van der Waals surface area (Å²) >= 11 is 6.35. The van der Waals surface area contributed by atoms with E-state index < -0.39 is 0 Å². The van der Waals surface area contributed by atoms with Gasteiger partial charge in [0.2, 0.25) is 0 Å². The van der Waals surface area contributed by atoms with Crippen molar-refractivity contribution in [2.24, 2.45) is 0 Å². The number of imidazole rings is 1. The molecule has 0 amide bonds. The Hall–Kier alpha value is -1.32. The zero-order valence-electron chi connectivity index (χ0n) is 15.9. The van der Waals surface area contributed by atoms with Crippen LogP contribution in [0.4, 0.5) is 0 Å². The molecule has 1 aliphatic rings. The molecular formula is C22H32ClN3. The lowest BCUT2D eigenvalue weighted by Gasteiger charge is -2.27. The zero-order valence-corrected chi connectivity index (χ0v) is 16.7. The molecule has 4 heteroatoms. The Bertz CT molecular complexity index is 661. The van der Waals surface area contributed by atoms with Crippen LogP contribution in [0.3, 0.4) is 0 Å². The van der Waals surface area contributed by atoms with Crippen molar-refractivity contribution in [1.82, 2.24) is 15.3 Å². The van der Waals surface area contributed by atoms with Crippen molar-refractivity contribution in [1.29, 1.82) is 0 Å². The normalized spacial score (nSPS) is 16.7. The van der Waals surface area contributed by atoms with Crippen LogP contribution in [0.2, 0.25) is 5.02 Å². The Morgan fingerprint density at radius 3 is 2.73 bits per heavy atom. The Labute approximate surface area is 163 Å². The highest BCUT2D eigenvalue weighted by Gasteiger charge is 2.21. The van der Waals surface area contributed by atoms with Crippen molar-refractivity contribution in [3.63, 3.8) is 0 Å². The molecule has 1 aromatic carbocycles.